The van der Waals surface area contributed by atoms with Crippen LogP contribution < -0.4 is 0 Å². The van der Waals surface area contributed by atoms with E-state index in [1.54, 1.807) is 11.3 Å². The minimum absolute atomic E-state index is 0.454. The second-order valence-electron chi connectivity index (χ2n) is 4.96. The van der Waals surface area contributed by atoms with Gasteiger partial charge >= 0.3 is 0 Å². The Morgan fingerprint density at radius 2 is 2.00 bits per heavy atom. The fourth-order valence-electron chi connectivity index (χ4n) is 2.11. The van der Waals surface area contributed by atoms with E-state index in [9.17, 15) is 0 Å². The van der Waals surface area contributed by atoms with Crippen molar-refractivity contribution in [2.45, 2.75) is 24.7 Å². The van der Waals surface area contributed by atoms with Crippen molar-refractivity contribution in [1.29, 1.82) is 0 Å². The van der Waals surface area contributed by atoms with Gasteiger partial charge in [0.2, 0.25) is 0 Å². The molecule has 3 heterocycles. The van der Waals surface area contributed by atoms with Crippen molar-refractivity contribution < 1.29 is 4.74 Å². The Hall–Kier alpha value is -1.33. The van der Waals surface area contributed by atoms with Crippen molar-refractivity contribution >= 4 is 11.3 Å². The van der Waals surface area contributed by atoms with Gasteiger partial charge in [-0.25, -0.2) is 0 Å². The van der Waals surface area contributed by atoms with Crippen molar-refractivity contribution in [2.75, 3.05) is 13.2 Å². The molecule has 0 aromatic carbocycles. The van der Waals surface area contributed by atoms with Crippen molar-refractivity contribution in [3.63, 3.8) is 0 Å². The molecule has 4 nitrogen and oxygen atoms in total. The standard InChI is InChI=1S/C13H13N3OS/c1-2-8(1)9-3-10(5-14-4-9)12-15-16-13(18-12)11-6-17-7-11/h3-5,8,11H,1-2,6-7H2. The van der Waals surface area contributed by atoms with Crippen molar-refractivity contribution in [3.05, 3.63) is 29.0 Å². The summed E-state index contributed by atoms with van der Waals surface area (Å²) in [6.45, 7) is 1.57. The van der Waals surface area contributed by atoms with Gasteiger partial charge in [0.25, 0.3) is 0 Å². The maximum atomic E-state index is 5.19. The van der Waals surface area contributed by atoms with Crippen LogP contribution in [-0.4, -0.2) is 28.4 Å². The van der Waals surface area contributed by atoms with Gasteiger partial charge in [0.05, 0.1) is 19.1 Å². The lowest BCUT2D eigenvalue weighted by atomic mass is 10.1. The van der Waals surface area contributed by atoms with E-state index in [0.717, 1.165) is 34.7 Å². The molecule has 18 heavy (non-hydrogen) atoms. The zero-order valence-electron chi connectivity index (χ0n) is 9.87. The van der Waals surface area contributed by atoms with Crippen molar-refractivity contribution in [2.24, 2.45) is 0 Å². The van der Waals surface area contributed by atoms with Crippen LogP contribution in [0.1, 0.15) is 35.2 Å². The van der Waals surface area contributed by atoms with Gasteiger partial charge in [-0.15, -0.1) is 10.2 Å². The normalized spacial score (nSPS) is 19.8. The van der Waals surface area contributed by atoms with E-state index < -0.39 is 0 Å². The number of ether oxygens (including phenoxy) is 1. The molecule has 1 saturated carbocycles. The quantitative estimate of drug-likeness (QED) is 0.850. The molecular weight excluding hydrogens is 246 g/mol. The molecule has 0 atom stereocenters. The van der Waals surface area contributed by atoms with E-state index in [1.165, 1.54) is 18.4 Å². The fraction of sp³-hybridized carbons (Fsp3) is 0.462. The number of hydrogen-bond acceptors (Lipinski definition) is 5. The third-order valence-electron chi connectivity index (χ3n) is 3.48. The Kier molecular flexibility index (Phi) is 2.41. The van der Waals surface area contributed by atoms with E-state index in [0.29, 0.717) is 5.92 Å². The molecule has 1 aliphatic carbocycles. The molecule has 2 fully saturated rings. The van der Waals surface area contributed by atoms with E-state index in [1.807, 2.05) is 12.4 Å². The summed E-state index contributed by atoms with van der Waals surface area (Å²) < 4.78 is 5.19. The van der Waals surface area contributed by atoms with Gasteiger partial charge in [-0.3, -0.25) is 4.98 Å². The molecule has 2 aromatic rings. The van der Waals surface area contributed by atoms with Crippen LogP contribution in [0.5, 0.6) is 0 Å². The molecule has 0 unspecified atom stereocenters. The first-order chi connectivity index (χ1) is 8.90. The van der Waals surface area contributed by atoms with Gasteiger partial charge < -0.3 is 4.74 Å². The highest BCUT2D eigenvalue weighted by Crippen LogP contribution is 2.41. The number of hydrogen-bond donors (Lipinski definition) is 0. The summed E-state index contributed by atoms with van der Waals surface area (Å²) >= 11 is 1.67. The average molecular weight is 259 g/mol. The van der Waals surface area contributed by atoms with Crippen LogP contribution in [0.4, 0.5) is 0 Å². The molecule has 0 spiro atoms. The topological polar surface area (TPSA) is 47.9 Å². The summed E-state index contributed by atoms with van der Waals surface area (Å²) in [6, 6.07) is 2.21. The molecule has 92 valence electrons. The highest BCUT2D eigenvalue weighted by Gasteiger charge is 2.26. The molecule has 2 aromatic heterocycles. The van der Waals surface area contributed by atoms with E-state index in [2.05, 4.69) is 21.2 Å². The maximum Gasteiger partial charge on any atom is 0.149 e. The Labute approximate surface area is 109 Å². The Balaban J connectivity index is 1.64. The average Bonchev–Trinajstić information content (AvgIpc) is 3.08. The Bertz CT molecular complexity index is 575. The summed E-state index contributed by atoms with van der Waals surface area (Å²) in [5, 5.41) is 10.6. The summed E-state index contributed by atoms with van der Waals surface area (Å²) in [5.74, 6) is 1.18. The molecule has 0 radical (unpaired) electrons. The Morgan fingerprint density at radius 3 is 2.72 bits per heavy atom. The van der Waals surface area contributed by atoms with Crippen LogP contribution in [-0.2, 0) is 4.74 Å². The number of pyridine rings is 1. The zero-order valence-corrected chi connectivity index (χ0v) is 10.7. The maximum absolute atomic E-state index is 5.19. The highest BCUT2D eigenvalue weighted by molar-refractivity contribution is 7.14. The van der Waals surface area contributed by atoms with Gasteiger partial charge in [0, 0.05) is 18.0 Å². The lowest BCUT2D eigenvalue weighted by Gasteiger charge is -2.22. The second kappa shape index (κ2) is 4.10. The molecular formula is C13H13N3OS. The van der Waals surface area contributed by atoms with Crippen molar-refractivity contribution in [1.82, 2.24) is 15.2 Å². The number of rotatable bonds is 3. The lowest BCUT2D eigenvalue weighted by Crippen LogP contribution is -2.24. The lowest BCUT2D eigenvalue weighted by molar-refractivity contribution is 0.00809. The smallest absolute Gasteiger partial charge is 0.149 e. The predicted octanol–water partition coefficient (Wildman–Crippen LogP) is 2.59. The first kappa shape index (κ1) is 10.6. The van der Waals surface area contributed by atoms with Gasteiger partial charge in [-0.05, 0) is 30.4 Å². The molecule has 1 aliphatic heterocycles. The molecule has 1 saturated heterocycles. The first-order valence-electron chi connectivity index (χ1n) is 6.26. The summed E-state index contributed by atoms with van der Waals surface area (Å²) in [6.07, 6.45) is 6.45. The molecule has 2 aliphatic rings. The highest BCUT2D eigenvalue weighted by atomic mass is 32.1. The van der Waals surface area contributed by atoms with Gasteiger partial charge in [-0.2, -0.15) is 0 Å². The van der Waals surface area contributed by atoms with Crippen LogP contribution in [0.25, 0.3) is 10.6 Å². The summed E-state index contributed by atoms with van der Waals surface area (Å²) in [5.41, 5.74) is 2.44. The van der Waals surface area contributed by atoms with E-state index in [-0.39, 0.29) is 0 Å². The summed E-state index contributed by atoms with van der Waals surface area (Å²) in [7, 11) is 0. The molecule has 0 amide bonds. The summed E-state index contributed by atoms with van der Waals surface area (Å²) in [4.78, 5) is 4.32. The molecule has 0 N–H and O–H groups in total. The SMILES string of the molecule is c1ncc(C2CC2)cc1-c1nnc(C2COC2)s1. The van der Waals surface area contributed by atoms with E-state index >= 15 is 0 Å². The largest absolute Gasteiger partial charge is 0.380 e. The van der Waals surface area contributed by atoms with E-state index in [4.69, 9.17) is 4.74 Å². The van der Waals surface area contributed by atoms with Crippen LogP contribution in [0.15, 0.2) is 18.5 Å². The van der Waals surface area contributed by atoms with Gasteiger partial charge in [0.1, 0.15) is 10.0 Å². The van der Waals surface area contributed by atoms with Crippen LogP contribution in [0.2, 0.25) is 0 Å². The molecule has 4 rings (SSSR count). The third-order valence-corrected chi connectivity index (χ3v) is 4.62. The predicted molar refractivity (Wildman–Crippen MR) is 68.7 cm³/mol. The van der Waals surface area contributed by atoms with Crippen LogP contribution in [0, 0.1) is 0 Å². The second-order valence-corrected chi connectivity index (χ2v) is 5.97. The Morgan fingerprint density at radius 1 is 1.11 bits per heavy atom. The van der Waals surface area contributed by atoms with Crippen LogP contribution >= 0.6 is 11.3 Å². The minimum Gasteiger partial charge on any atom is -0.380 e. The minimum atomic E-state index is 0.454. The fourth-order valence-corrected chi connectivity index (χ4v) is 3.00. The monoisotopic (exact) mass is 259 g/mol. The van der Waals surface area contributed by atoms with Crippen molar-refractivity contribution in [3.8, 4) is 10.6 Å². The first-order valence-corrected chi connectivity index (χ1v) is 7.08. The van der Waals surface area contributed by atoms with Gasteiger partial charge in [0.15, 0.2) is 0 Å². The zero-order chi connectivity index (χ0) is 11.9. The number of aromatic nitrogens is 3. The number of nitrogens with zero attached hydrogens (tertiary/aromatic N) is 3. The van der Waals surface area contributed by atoms with Gasteiger partial charge in [-0.1, -0.05) is 11.3 Å². The third kappa shape index (κ3) is 1.83. The molecule has 5 heteroatoms. The van der Waals surface area contributed by atoms with Crippen LogP contribution in [0.3, 0.4) is 0 Å². The molecule has 0 bridgehead atoms.